The molecule has 30 heavy (non-hydrogen) atoms. The first kappa shape index (κ1) is 19.8. The Morgan fingerprint density at radius 3 is 2.63 bits per heavy atom. The van der Waals surface area contributed by atoms with Crippen LogP contribution in [-0.2, 0) is 0 Å². The lowest BCUT2D eigenvalue weighted by atomic mass is 10.0. The summed E-state index contributed by atoms with van der Waals surface area (Å²) in [6.07, 6.45) is 0.847. The quantitative estimate of drug-likeness (QED) is 0.479. The third-order valence-corrected chi connectivity index (χ3v) is 5.38. The summed E-state index contributed by atoms with van der Waals surface area (Å²) in [6, 6.07) is 15.5. The topological polar surface area (TPSA) is 76.2 Å². The number of hydrogen-bond donors (Lipinski definition) is 2. The van der Waals surface area contributed by atoms with Gasteiger partial charge in [0.15, 0.2) is 0 Å². The zero-order valence-corrected chi connectivity index (χ0v) is 17.6. The molecule has 0 saturated carbocycles. The summed E-state index contributed by atoms with van der Waals surface area (Å²) in [5, 5.41) is 5.00. The van der Waals surface area contributed by atoms with Gasteiger partial charge in [-0.05, 0) is 37.6 Å². The van der Waals surface area contributed by atoms with Crippen LogP contribution >= 0.6 is 0 Å². The van der Waals surface area contributed by atoms with Crippen molar-refractivity contribution in [3.8, 4) is 22.8 Å². The second-order valence-corrected chi connectivity index (χ2v) is 7.30. The number of aromatic amines is 1. The molecule has 2 aromatic heterocycles. The van der Waals surface area contributed by atoms with Crippen LogP contribution < -0.4 is 14.8 Å². The molecule has 4 aromatic rings. The van der Waals surface area contributed by atoms with E-state index in [4.69, 9.17) is 14.5 Å². The highest BCUT2D eigenvalue weighted by Crippen LogP contribution is 2.38. The van der Waals surface area contributed by atoms with Gasteiger partial charge >= 0.3 is 0 Å². The van der Waals surface area contributed by atoms with E-state index in [0.29, 0.717) is 22.9 Å². The normalized spacial score (nSPS) is 12.1. The van der Waals surface area contributed by atoms with Gasteiger partial charge in [0.25, 0.3) is 5.91 Å². The van der Waals surface area contributed by atoms with E-state index >= 15 is 0 Å². The Balaban J connectivity index is 1.99. The van der Waals surface area contributed by atoms with Crippen molar-refractivity contribution in [1.82, 2.24) is 15.3 Å². The van der Waals surface area contributed by atoms with E-state index in [1.165, 1.54) is 0 Å². The van der Waals surface area contributed by atoms with E-state index in [-0.39, 0.29) is 11.9 Å². The molecule has 1 amide bonds. The van der Waals surface area contributed by atoms with E-state index < -0.39 is 0 Å². The fourth-order valence-electron chi connectivity index (χ4n) is 3.55. The highest BCUT2D eigenvalue weighted by atomic mass is 16.5. The minimum Gasteiger partial charge on any atom is -0.497 e. The zero-order valence-electron chi connectivity index (χ0n) is 17.6. The molecule has 2 N–H and O–H groups in total. The van der Waals surface area contributed by atoms with Crippen molar-refractivity contribution >= 4 is 27.7 Å². The fraction of sp³-hybridized carbons (Fsp3) is 0.250. The number of benzene rings is 2. The number of fused-ring (bicyclic) bond motifs is 3. The third-order valence-electron chi connectivity index (χ3n) is 5.38. The number of para-hydroxylation sites is 1. The lowest BCUT2D eigenvalue weighted by Crippen LogP contribution is -2.32. The maximum Gasteiger partial charge on any atom is 0.270 e. The number of aromatic nitrogens is 2. The first-order chi connectivity index (χ1) is 14.5. The Morgan fingerprint density at radius 2 is 1.90 bits per heavy atom. The first-order valence-corrected chi connectivity index (χ1v) is 10.0. The van der Waals surface area contributed by atoms with Crippen LogP contribution in [0.4, 0.5) is 0 Å². The molecule has 6 nitrogen and oxygen atoms in total. The molecule has 0 bridgehead atoms. The van der Waals surface area contributed by atoms with Gasteiger partial charge in [-0.15, -0.1) is 0 Å². The van der Waals surface area contributed by atoms with Crippen molar-refractivity contribution in [3.63, 3.8) is 0 Å². The van der Waals surface area contributed by atoms with Gasteiger partial charge in [-0.25, -0.2) is 4.98 Å². The summed E-state index contributed by atoms with van der Waals surface area (Å²) >= 11 is 0. The van der Waals surface area contributed by atoms with Gasteiger partial charge in [-0.2, -0.15) is 0 Å². The van der Waals surface area contributed by atoms with Crippen molar-refractivity contribution < 1.29 is 14.3 Å². The predicted octanol–water partition coefficient (Wildman–Crippen LogP) is 4.93. The number of H-pyrrole nitrogens is 1. The average molecular weight is 403 g/mol. The number of nitrogens with one attached hydrogen (secondary N) is 2. The molecule has 0 spiro atoms. The molecular formula is C24H25N3O3. The maximum absolute atomic E-state index is 12.9. The van der Waals surface area contributed by atoms with E-state index in [1.54, 1.807) is 14.2 Å². The lowest BCUT2D eigenvalue weighted by Gasteiger charge is -2.14. The van der Waals surface area contributed by atoms with Crippen LogP contribution in [-0.4, -0.2) is 36.1 Å². The van der Waals surface area contributed by atoms with Gasteiger partial charge in [0.2, 0.25) is 0 Å². The van der Waals surface area contributed by atoms with Gasteiger partial charge in [0.1, 0.15) is 17.2 Å². The number of carbonyl (C=O) groups is 1. The van der Waals surface area contributed by atoms with E-state index in [2.05, 4.69) is 10.3 Å². The number of hydrogen-bond acceptors (Lipinski definition) is 4. The van der Waals surface area contributed by atoms with E-state index in [1.807, 2.05) is 62.4 Å². The molecule has 0 saturated heterocycles. The molecule has 0 fully saturated rings. The fourth-order valence-corrected chi connectivity index (χ4v) is 3.55. The standard InChI is InChI=1S/C24H25N3O3/c1-5-14(2)25-24(28)20-13-18-16-8-6-7-9-19(16)26-23(18)22(27-20)17-11-10-15(29-3)12-21(17)30-4/h6-14,26H,5H2,1-4H3,(H,25,28). The monoisotopic (exact) mass is 403 g/mol. The minimum atomic E-state index is -0.190. The summed E-state index contributed by atoms with van der Waals surface area (Å²) in [6.45, 7) is 4.02. The van der Waals surface area contributed by atoms with Crippen molar-refractivity contribution in [2.45, 2.75) is 26.3 Å². The Bertz CT molecular complexity index is 1230. The van der Waals surface area contributed by atoms with Crippen LogP contribution in [0.1, 0.15) is 30.8 Å². The van der Waals surface area contributed by atoms with Crippen molar-refractivity contribution in [2.24, 2.45) is 0 Å². The summed E-state index contributed by atoms with van der Waals surface area (Å²) in [7, 11) is 3.22. The average Bonchev–Trinajstić information content (AvgIpc) is 3.16. The number of amides is 1. The Kier molecular flexibility index (Phi) is 5.31. The molecule has 0 radical (unpaired) electrons. The van der Waals surface area contributed by atoms with Gasteiger partial charge in [-0.3, -0.25) is 4.79 Å². The van der Waals surface area contributed by atoms with Gasteiger partial charge in [0, 0.05) is 34.0 Å². The largest absolute Gasteiger partial charge is 0.497 e. The number of ether oxygens (including phenoxy) is 2. The Hall–Kier alpha value is -3.54. The summed E-state index contributed by atoms with van der Waals surface area (Å²) in [5.41, 5.74) is 3.67. The van der Waals surface area contributed by atoms with Crippen LogP contribution in [0.15, 0.2) is 48.5 Å². The molecule has 2 aromatic carbocycles. The maximum atomic E-state index is 12.9. The van der Waals surface area contributed by atoms with Crippen molar-refractivity contribution in [1.29, 1.82) is 0 Å². The minimum absolute atomic E-state index is 0.0666. The van der Waals surface area contributed by atoms with Crippen LogP contribution in [0.2, 0.25) is 0 Å². The van der Waals surface area contributed by atoms with Crippen molar-refractivity contribution in [3.05, 3.63) is 54.2 Å². The van der Waals surface area contributed by atoms with Crippen LogP contribution in [0.3, 0.4) is 0 Å². The molecule has 4 rings (SSSR count). The molecule has 154 valence electrons. The van der Waals surface area contributed by atoms with Gasteiger partial charge in [-0.1, -0.05) is 25.1 Å². The molecule has 0 aliphatic heterocycles. The molecule has 1 atom stereocenters. The second-order valence-electron chi connectivity index (χ2n) is 7.30. The first-order valence-electron chi connectivity index (χ1n) is 10.0. The van der Waals surface area contributed by atoms with Gasteiger partial charge < -0.3 is 19.8 Å². The summed E-state index contributed by atoms with van der Waals surface area (Å²) < 4.78 is 10.9. The van der Waals surface area contributed by atoms with Gasteiger partial charge in [0.05, 0.1) is 25.4 Å². The molecular weight excluding hydrogens is 378 g/mol. The highest BCUT2D eigenvalue weighted by Gasteiger charge is 2.20. The SMILES string of the molecule is CCC(C)NC(=O)c1cc2c([nH]c3ccccc32)c(-c2ccc(OC)cc2OC)n1. The van der Waals surface area contributed by atoms with Crippen LogP contribution in [0.25, 0.3) is 33.1 Å². The number of nitrogens with zero attached hydrogens (tertiary/aromatic N) is 1. The molecule has 6 heteroatoms. The van der Waals surface area contributed by atoms with E-state index in [0.717, 1.165) is 33.8 Å². The molecule has 0 aliphatic rings. The Morgan fingerprint density at radius 1 is 1.10 bits per heavy atom. The number of rotatable bonds is 6. The van der Waals surface area contributed by atoms with Crippen LogP contribution in [0, 0.1) is 0 Å². The smallest absolute Gasteiger partial charge is 0.270 e. The number of pyridine rings is 1. The van der Waals surface area contributed by atoms with E-state index in [9.17, 15) is 4.79 Å². The molecule has 1 unspecified atom stereocenters. The highest BCUT2D eigenvalue weighted by molar-refractivity contribution is 6.13. The Labute approximate surface area is 175 Å². The van der Waals surface area contributed by atoms with Crippen molar-refractivity contribution in [2.75, 3.05) is 14.2 Å². The lowest BCUT2D eigenvalue weighted by molar-refractivity contribution is 0.0934. The zero-order chi connectivity index (χ0) is 21.3. The number of methoxy groups -OCH3 is 2. The number of carbonyl (C=O) groups excluding carboxylic acids is 1. The summed E-state index contributed by atoms with van der Waals surface area (Å²) in [4.78, 5) is 21.1. The summed E-state index contributed by atoms with van der Waals surface area (Å²) in [5.74, 6) is 1.13. The second kappa shape index (κ2) is 8.06. The molecule has 0 aliphatic carbocycles. The third kappa shape index (κ3) is 3.45. The van der Waals surface area contributed by atoms with Crippen LogP contribution in [0.5, 0.6) is 11.5 Å². The molecule has 2 heterocycles. The predicted molar refractivity (Wildman–Crippen MR) is 119 cm³/mol.